The average molecular weight is 431 g/mol. The molecule has 0 bridgehead atoms. The molecule has 0 saturated carbocycles. The molecule has 1 heterocycles. The number of nitro benzene ring substituents is 1. The zero-order valence-corrected chi connectivity index (χ0v) is 16.0. The summed E-state index contributed by atoms with van der Waals surface area (Å²) in [5.74, 6) is -0.541. The normalized spacial score (nSPS) is 10.4. The lowest BCUT2D eigenvalue weighted by Crippen LogP contribution is -2.13. The first-order valence-corrected chi connectivity index (χ1v) is 9.16. The molecule has 1 N–H and O–H groups in total. The summed E-state index contributed by atoms with van der Waals surface area (Å²) in [6.45, 7) is 0. The Morgan fingerprint density at radius 3 is 2.31 bits per heavy atom. The molecule has 0 aliphatic rings. The number of nitrogens with zero attached hydrogens (tertiary/aromatic N) is 3. The second kappa shape index (κ2) is 8.67. The van der Waals surface area contributed by atoms with Crippen molar-refractivity contribution in [2.45, 2.75) is 9.79 Å². The minimum Gasteiger partial charge on any atom is -0.307 e. The number of nitro groups is 2. The zero-order chi connectivity index (χ0) is 21.0. The van der Waals surface area contributed by atoms with Gasteiger partial charge in [0.2, 0.25) is 0 Å². The van der Waals surface area contributed by atoms with E-state index in [0.29, 0.717) is 9.92 Å². The Morgan fingerprint density at radius 2 is 1.72 bits per heavy atom. The van der Waals surface area contributed by atoms with Crippen molar-refractivity contribution in [1.29, 1.82) is 0 Å². The quantitative estimate of drug-likeness (QED) is 0.432. The second-order valence-corrected chi connectivity index (χ2v) is 7.16. The van der Waals surface area contributed by atoms with Crippen molar-refractivity contribution in [2.24, 2.45) is 0 Å². The van der Waals surface area contributed by atoms with Crippen LogP contribution in [0.2, 0.25) is 5.02 Å². The Hall–Kier alpha value is -3.50. The molecule has 0 fully saturated rings. The summed E-state index contributed by atoms with van der Waals surface area (Å²) in [6.07, 6.45) is 1.00. The number of nitrogens with one attached hydrogen (secondary N) is 1. The minimum atomic E-state index is -0.627. The Morgan fingerprint density at radius 1 is 1.00 bits per heavy atom. The summed E-state index contributed by atoms with van der Waals surface area (Å²) in [4.78, 5) is 38.2. The highest BCUT2D eigenvalue weighted by Gasteiger charge is 2.19. The van der Waals surface area contributed by atoms with E-state index in [0.717, 1.165) is 11.1 Å². The van der Waals surface area contributed by atoms with E-state index in [1.165, 1.54) is 42.1 Å². The van der Waals surface area contributed by atoms with Gasteiger partial charge in [-0.3, -0.25) is 25.0 Å². The number of rotatable bonds is 6. The molecule has 3 rings (SSSR count). The van der Waals surface area contributed by atoms with Crippen molar-refractivity contribution >= 4 is 46.5 Å². The van der Waals surface area contributed by atoms with E-state index in [1.807, 2.05) is 0 Å². The number of halogens is 1. The van der Waals surface area contributed by atoms with Crippen LogP contribution >= 0.6 is 23.4 Å². The maximum Gasteiger partial charge on any atom is 0.287 e. The molecule has 1 amide bonds. The molecule has 0 unspecified atom stereocenters. The predicted molar refractivity (Wildman–Crippen MR) is 108 cm³/mol. The van der Waals surface area contributed by atoms with Crippen molar-refractivity contribution in [2.75, 3.05) is 5.32 Å². The predicted octanol–water partition coefficient (Wildman–Crippen LogP) is 4.95. The van der Waals surface area contributed by atoms with Gasteiger partial charge < -0.3 is 5.32 Å². The summed E-state index contributed by atoms with van der Waals surface area (Å²) in [7, 11) is 0. The largest absolute Gasteiger partial charge is 0.307 e. The SMILES string of the molecule is O=C(Nc1ccc([N+](=O)[O-])cn1)c1ccc(Sc2ccc(Cl)cc2)c([N+](=O)[O-])c1. The molecule has 1 aromatic heterocycles. The first-order chi connectivity index (χ1) is 13.8. The van der Waals surface area contributed by atoms with Gasteiger partial charge >= 0.3 is 0 Å². The van der Waals surface area contributed by atoms with Crippen molar-refractivity contribution < 1.29 is 14.6 Å². The van der Waals surface area contributed by atoms with E-state index in [1.54, 1.807) is 24.3 Å². The highest BCUT2D eigenvalue weighted by atomic mass is 35.5. The van der Waals surface area contributed by atoms with Gasteiger partial charge in [0.25, 0.3) is 17.3 Å². The van der Waals surface area contributed by atoms with E-state index < -0.39 is 15.8 Å². The molecule has 2 aromatic carbocycles. The molecule has 0 aliphatic heterocycles. The monoisotopic (exact) mass is 430 g/mol. The van der Waals surface area contributed by atoms with Gasteiger partial charge in [-0.05, 0) is 42.5 Å². The Kier molecular flexibility index (Phi) is 6.05. The molecule has 0 radical (unpaired) electrons. The maximum absolute atomic E-state index is 12.4. The molecule has 9 nitrogen and oxygen atoms in total. The number of hydrogen-bond acceptors (Lipinski definition) is 7. The number of pyridine rings is 1. The van der Waals surface area contributed by atoms with Crippen LogP contribution in [-0.2, 0) is 0 Å². The Labute approximate surface area is 173 Å². The van der Waals surface area contributed by atoms with E-state index in [4.69, 9.17) is 11.6 Å². The van der Waals surface area contributed by atoms with Crippen LogP contribution in [0.1, 0.15) is 10.4 Å². The molecule has 0 aliphatic carbocycles. The number of amides is 1. The summed E-state index contributed by atoms with van der Waals surface area (Å²) in [6, 6.07) is 13.4. The van der Waals surface area contributed by atoms with Gasteiger partial charge in [0, 0.05) is 27.6 Å². The fourth-order valence-corrected chi connectivity index (χ4v) is 3.30. The molecule has 0 saturated heterocycles. The third kappa shape index (κ3) is 5.06. The van der Waals surface area contributed by atoms with Gasteiger partial charge in [-0.2, -0.15) is 0 Å². The van der Waals surface area contributed by atoms with Crippen LogP contribution in [0, 0.1) is 20.2 Å². The molecule has 0 spiro atoms. The number of carbonyl (C=O) groups is 1. The third-order valence-corrected chi connectivity index (χ3v) is 4.98. The van der Waals surface area contributed by atoms with Gasteiger partial charge in [-0.1, -0.05) is 23.4 Å². The summed E-state index contributed by atoms with van der Waals surface area (Å²) in [5, 5.41) is 25.1. The van der Waals surface area contributed by atoms with E-state index >= 15 is 0 Å². The maximum atomic E-state index is 12.4. The lowest BCUT2D eigenvalue weighted by Gasteiger charge is -2.07. The zero-order valence-electron chi connectivity index (χ0n) is 14.4. The van der Waals surface area contributed by atoms with Gasteiger partial charge in [-0.25, -0.2) is 4.98 Å². The lowest BCUT2D eigenvalue weighted by atomic mass is 10.2. The van der Waals surface area contributed by atoms with Crippen LogP contribution in [0.4, 0.5) is 17.2 Å². The van der Waals surface area contributed by atoms with Crippen molar-refractivity contribution in [1.82, 2.24) is 4.98 Å². The summed E-state index contributed by atoms with van der Waals surface area (Å²) >= 11 is 7.01. The topological polar surface area (TPSA) is 128 Å². The molecular formula is C18H11ClN4O5S. The van der Waals surface area contributed by atoms with E-state index in [2.05, 4.69) is 10.3 Å². The van der Waals surface area contributed by atoms with E-state index in [-0.39, 0.29) is 22.8 Å². The first kappa shape index (κ1) is 20.2. The van der Waals surface area contributed by atoms with Crippen molar-refractivity contribution in [3.8, 4) is 0 Å². The molecule has 0 atom stereocenters. The number of anilines is 1. The molecule has 146 valence electrons. The van der Waals surface area contributed by atoms with Crippen LogP contribution in [0.15, 0.2) is 70.6 Å². The fourth-order valence-electron chi connectivity index (χ4n) is 2.27. The number of aromatic nitrogens is 1. The molecule has 29 heavy (non-hydrogen) atoms. The Balaban J connectivity index is 1.81. The molecular weight excluding hydrogens is 420 g/mol. The first-order valence-electron chi connectivity index (χ1n) is 7.97. The Bertz CT molecular complexity index is 1090. The summed E-state index contributed by atoms with van der Waals surface area (Å²) < 4.78 is 0. The van der Waals surface area contributed by atoms with Gasteiger partial charge in [-0.15, -0.1) is 0 Å². The van der Waals surface area contributed by atoms with Crippen LogP contribution in [0.5, 0.6) is 0 Å². The average Bonchev–Trinajstić information content (AvgIpc) is 2.70. The highest BCUT2D eigenvalue weighted by Crippen LogP contribution is 2.35. The van der Waals surface area contributed by atoms with Crippen LogP contribution in [0.3, 0.4) is 0 Å². The third-order valence-electron chi connectivity index (χ3n) is 3.66. The standard InChI is InChI=1S/C18H11ClN4O5S/c19-12-2-5-14(6-3-12)29-16-7-1-11(9-15(16)23(27)28)18(24)21-17-8-4-13(10-20-17)22(25)26/h1-10H,(H,20,21,24). The van der Waals surface area contributed by atoms with Gasteiger partial charge in [0.15, 0.2) is 0 Å². The molecule has 11 heteroatoms. The van der Waals surface area contributed by atoms with Crippen molar-refractivity contribution in [3.05, 3.63) is 91.6 Å². The lowest BCUT2D eigenvalue weighted by molar-refractivity contribution is -0.387. The van der Waals surface area contributed by atoms with Gasteiger partial charge in [0.1, 0.15) is 12.0 Å². The minimum absolute atomic E-state index is 0.0531. The highest BCUT2D eigenvalue weighted by molar-refractivity contribution is 7.99. The summed E-state index contributed by atoms with van der Waals surface area (Å²) in [5.41, 5.74) is -0.395. The van der Waals surface area contributed by atoms with Gasteiger partial charge in [0.05, 0.1) is 14.7 Å². The number of hydrogen-bond donors (Lipinski definition) is 1. The van der Waals surface area contributed by atoms with Crippen LogP contribution in [0.25, 0.3) is 0 Å². The number of carbonyl (C=O) groups excluding carboxylic acids is 1. The van der Waals surface area contributed by atoms with Crippen molar-refractivity contribution in [3.63, 3.8) is 0 Å². The fraction of sp³-hybridized carbons (Fsp3) is 0. The smallest absolute Gasteiger partial charge is 0.287 e. The molecule has 3 aromatic rings. The van der Waals surface area contributed by atoms with Crippen LogP contribution in [-0.4, -0.2) is 20.7 Å². The second-order valence-electron chi connectivity index (χ2n) is 5.61. The van der Waals surface area contributed by atoms with E-state index in [9.17, 15) is 25.0 Å². The number of benzene rings is 2. The van der Waals surface area contributed by atoms with Crippen LogP contribution < -0.4 is 5.32 Å².